The molecule has 0 aliphatic heterocycles. The van der Waals surface area contributed by atoms with Crippen LogP contribution in [0.2, 0.25) is 15.1 Å². The molecule has 0 spiro atoms. The number of nitrogens with zero attached hydrogens (tertiary/aromatic N) is 3. The summed E-state index contributed by atoms with van der Waals surface area (Å²) in [6.07, 6.45) is 0. The van der Waals surface area contributed by atoms with Gasteiger partial charge in [-0.2, -0.15) is 0 Å². The highest BCUT2D eigenvalue weighted by molar-refractivity contribution is 6.40. The van der Waals surface area contributed by atoms with Gasteiger partial charge in [-0.15, -0.1) is 0 Å². The molecule has 26 heavy (non-hydrogen) atoms. The number of aromatic nitrogens is 3. The minimum Gasteiger partial charge on any atom is -0.419 e. The lowest BCUT2D eigenvalue weighted by Gasteiger charge is -2.10. The minimum absolute atomic E-state index is 0.0536. The predicted octanol–water partition coefficient (Wildman–Crippen LogP) is 2.81. The van der Waals surface area contributed by atoms with Gasteiger partial charge in [0.05, 0.1) is 15.4 Å². The second-order valence-corrected chi connectivity index (χ2v) is 6.61. The van der Waals surface area contributed by atoms with E-state index in [4.69, 9.17) is 39.5 Å². The SMILES string of the molecule is Cn1c(=O)c2ccc(C(=O)Oc3c(Cl)cc(Cl)cc3Cl)nc2n(C)c1=O. The molecule has 2 heterocycles. The van der Waals surface area contributed by atoms with Gasteiger partial charge < -0.3 is 4.74 Å². The lowest BCUT2D eigenvalue weighted by molar-refractivity contribution is 0.0729. The Bertz CT molecular complexity index is 1160. The summed E-state index contributed by atoms with van der Waals surface area (Å²) in [5.74, 6) is -0.923. The van der Waals surface area contributed by atoms with Gasteiger partial charge in [0.2, 0.25) is 0 Å². The van der Waals surface area contributed by atoms with E-state index >= 15 is 0 Å². The lowest BCUT2D eigenvalue weighted by atomic mass is 10.2. The Balaban J connectivity index is 2.08. The molecule has 2 aromatic heterocycles. The topological polar surface area (TPSA) is 83.2 Å². The van der Waals surface area contributed by atoms with Crippen molar-refractivity contribution in [2.24, 2.45) is 14.1 Å². The molecule has 0 atom stereocenters. The number of hydrogen-bond acceptors (Lipinski definition) is 5. The summed E-state index contributed by atoms with van der Waals surface area (Å²) in [7, 11) is 2.80. The number of esters is 1. The summed E-state index contributed by atoms with van der Waals surface area (Å²) in [5.41, 5.74) is -1.15. The normalized spacial score (nSPS) is 11.0. The fourth-order valence-corrected chi connectivity index (χ4v) is 3.23. The van der Waals surface area contributed by atoms with Gasteiger partial charge in [-0.1, -0.05) is 34.8 Å². The fraction of sp³-hybridized carbons (Fsp3) is 0.125. The van der Waals surface area contributed by atoms with Crippen molar-refractivity contribution in [1.29, 1.82) is 0 Å². The third kappa shape index (κ3) is 3.09. The first kappa shape index (κ1) is 18.4. The zero-order valence-electron chi connectivity index (χ0n) is 13.4. The maximum Gasteiger partial charge on any atom is 0.362 e. The molecule has 0 N–H and O–H groups in total. The van der Waals surface area contributed by atoms with Gasteiger partial charge in [0.1, 0.15) is 5.65 Å². The smallest absolute Gasteiger partial charge is 0.362 e. The Kier molecular flexibility index (Phi) is 4.79. The quantitative estimate of drug-likeness (QED) is 0.476. The van der Waals surface area contributed by atoms with Gasteiger partial charge in [0.25, 0.3) is 5.56 Å². The first-order chi connectivity index (χ1) is 12.2. The van der Waals surface area contributed by atoms with E-state index in [2.05, 4.69) is 4.98 Å². The molecule has 0 fully saturated rings. The van der Waals surface area contributed by atoms with Crippen LogP contribution in [0.1, 0.15) is 10.5 Å². The maximum atomic E-state index is 12.4. The molecule has 7 nitrogen and oxygen atoms in total. The number of rotatable bonds is 2. The Hall–Kier alpha value is -2.35. The number of fused-ring (bicyclic) bond motifs is 1. The second-order valence-electron chi connectivity index (χ2n) is 5.36. The van der Waals surface area contributed by atoms with Gasteiger partial charge in [-0.3, -0.25) is 13.9 Å². The highest BCUT2D eigenvalue weighted by Crippen LogP contribution is 2.36. The molecule has 0 bridgehead atoms. The highest BCUT2D eigenvalue weighted by Gasteiger charge is 2.18. The number of hydrogen-bond donors (Lipinski definition) is 0. The molecule has 10 heteroatoms. The van der Waals surface area contributed by atoms with Crippen molar-refractivity contribution in [2.75, 3.05) is 0 Å². The van der Waals surface area contributed by atoms with Gasteiger partial charge in [0.15, 0.2) is 11.4 Å². The van der Waals surface area contributed by atoms with E-state index in [0.29, 0.717) is 0 Å². The van der Waals surface area contributed by atoms with Gasteiger partial charge in [-0.05, 0) is 24.3 Å². The van der Waals surface area contributed by atoms with Crippen LogP contribution in [-0.2, 0) is 14.1 Å². The first-order valence-corrected chi connectivity index (χ1v) is 8.27. The lowest BCUT2D eigenvalue weighted by Crippen LogP contribution is -2.37. The maximum absolute atomic E-state index is 12.4. The third-order valence-corrected chi connectivity index (χ3v) is 4.45. The van der Waals surface area contributed by atoms with Crippen molar-refractivity contribution in [2.45, 2.75) is 0 Å². The Labute approximate surface area is 161 Å². The van der Waals surface area contributed by atoms with E-state index in [-0.39, 0.29) is 37.5 Å². The van der Waals surface area contributed by atoms with E-state index in [0.717, 1.165) is 9.13 Å². The zero-order chi connectivity index (χ0) is 19.2. The van der Waals surface area contributed by atoms with Crippen LogP contribution in [-0.4, -0.2) is 20.1 Å². The number of benzene rings is 1. The number of carbonyl (C=O) groups excluding carboxylic acids is 1. The van der Waals surface area contributed by atoms with Crippen LogP contribution in [0.25, 0.3) is 11.0 Å². The first-order valence-electron chi connectivity index (χ1n) is 7.14. The Morgan fingerprint density at radius 3 is 2.27 bits per heavy atom. The molecular weight excluding hydrogens is 405 g/mol. The third-order valence-electron chi connectivity index (χ3n) is 3.67. The number of halogens is 3. The van der Waals surface area contributed by atoms with Crippen LogP contribution < -0.4 is 16.0 Å². The van der Waals surface area contributed by atoms with Crippen molar-refractivity contribution in [3.05, 3.63) is 65.9 Å². The van der Waals surface area contributed by atoms with Gasteiger partial charge in [-0.25, -0.2) is 14.6 Å². The molecule has 0 saturated heterocycles. The second kappa shape index (κ2) is 6.75. The summed E-state index contributed by atoms with van der Waals surface area (Å²) in [4.78, 5) is 40.6. The van der Waals surface area contributed by atoms with E-state index in [1.54, 1.807) is 0 Å². The number of ether oxygens (including phenoxy) is 1. The van der Waals surface area contributed by atoms with Crippen LogP contribution in [0.15, 0.2) is 33.9 Å². The summed E-state index contributed by atoms with van der Waals surface area (Å²) in [5, 5.41) is 0.582. The van der Waals surface area contributed by atoms with Crippen LogP contribution in [0.3, 0.4) is 0 Å². The average Bonchev–Trinajstić information content (AvgIpc) is 2.60. The molecule has 0 unspecified atom stereocenters. The van der Waals surface area contributed by atoms with Crippen molar-refractivity contribution >= 4 is 51.8 Å². The van der Waals surface area contributed by atoms with Crippen LogP contribution in [0, 0.1) is 0 Å². The summed E-state index contributed by atoms with van der Waals surface area (Å²) < 4.78 is 7.31. The monoisotopic (exact) mass is 413 g/mol. The van der Waals surface area contributed by atoms with Crippen LogP contribution in [0.4, 0.5) is 0 Å². The van der Waals surface area contributed by atoms with E-state index < -0.39 is 17.2 Å². The summed E-state index contributed by atoms with van der Waals surface area (Å²) in [6.45, 7) is 0. The number of pyridine rings is 1. The van der Waals surface area contributed by atoms with E-state index in [1.165, 1.54) is 38.4 Å². The van der Waals surface area contributed by atoms with E-state index in [9.17, 15) is 14.4 Å². The Morgan fingerprint density at radius 1 is 1.04 bits per heavy atom. The molecule has 3 aromatic rings. The summed E-state index contributed by atoms with van der Waals surface area (Å²) >= 11 is 17.8. The molecule has 0 radical (unpaired) electrons. The standard InChI is InChI=1S/C16H10Cl3N3O4/c1-21-13-8(14(23)22(2)16(21)25)3-4-11(20-13)15(24)26-12-9(18)5-7(17)6-10(12)19/h3-6H,1-2H3. The summed E-state index contributed by atoms with van der Waals surface area (Å²) in [6, 6.07) is 5.46. The van der Waals surface area contributed by atoms with Gasteiger partial charge in [0, 0.05) is 19.1 Å². The number of carbonyl (C=O) groups is 1. The highest BCUT2D eigenvalue weighted by atomic mass is 35.5. The average molecular weight is 415 g/mol. The minimum atomic E-state index is -0.855. The molecule has 0 saturated carbocycles. The zero-order valence-corrected chi connectivity index (χ0v) is 15.7. The predicted molar refractivity (Wildman–Crippen MR) is 98.7 cm³/mol. The molecule has 3 rings (SSSR count). The molecule has 0 amide bonds. The molecule has 0 aliphatic carbocycles. The number of aryl methyl sites for hydroxylation is 1. The van der Waals surface area contributed by atoms with Crippen LogP contribution >= 0.6 is 34.8 Å². The molecule has 134 valence electrons. The van der Waals surface area contributed by atoms with Crippen LogP contribution in [0.5, 0.6) is 5.75 Å². The molecular formula is C16H10Cl3N3O4. The largest absolute Gasteiger partial charge is 0.419 e. The fourth-order valence-electron chi connectivity index (χ4n) is 2.34. The molecule has 0 aliphatic rings. The van der Waals surface area contributed by atoms with Gasteiger partial charge >= 0.3 is 11.7 Å². The van der Waals surface area contributed by atoms with Crippen molar-refractivity contribution in [1.82, 2.24) is 14.1 Å². The van der Waals surface area contributed by atoms with Crippen molar-refractivity contribution < 1.29 is 9.53 Å². The van der Waals surface area contributed by atoms with Crippen molar-refractivity contribution in [3.63, 3.8) is 0 Å². The Morgan fingerprint density at radius 2 is 1.65 bits per heavy atom. The van der Waals surface area contributed by atoms with Crippen molar-refractivity contribution in [3.8, 4) is 5.75 Å². The van der Waals surface area contributed by atoms with E-state index in [1.807, 2.05) is 0 Å². The molecule has 1 aromatic carbocycles.